The van der Waals surface area contributed by atoms with Crippen LogP contribution < -0.4 is 24.8 Å². The Labute approximate surface area is 197 Å². The van der Waals surface area contributed by atoms with E-state index in [2.05, 4.69) is 5.32 Å². The molecule has 0 spiro atoms. The van der Waals surface area contributed by atoms with Crippen LogP contribution in [0.1, 0.15) is 29.8 Å². The zero-order chi connectivity index (χ0) is 24.2. The first-order chi connectivity index (χ1) is 16.3. The second kappa shape index (κ2) is 7.69. The van der Waals surface area contributed by atoms with E-state index in [1.165, 1.54) is 6.07 Å². The minimum atomic E-state index is -1.02. The van der Waals surface area contributed by atoms with Crippen LogP contribution in [0, 0.1) is 0 Å². The number of methoxy groups -OCH3 is 2. The Hall–Kier alpha value is -4.20. The summed E-state index contributed by atoms with van der Waals surface area (Å²) in [6.07, 6.45) is 0. The van der Waals surface area contributed by atoms with Crippen molar-refractivity contribution in [2.24, 2.45) is 0 Å². The minimum Gasteiger partial charge on any atom is -0.496 e. The number of ether oxygens (including phenoxy) is 2. The van der Waals surface area contributed by atoms with Crippen LogP contribution >= 0.6 is 0 Å². The highest BCUT2D eigenvalue weighted by molar-refractivity contribution is 6.12. The lowest BCUT2D eigenvalue weighted by Gasteiger charge is -2.41. The molecule has 0 fully saturated rings. The minimum absolute atomic E-state index is 0.104. The number of aromatic carboxylic acids is 1. The molecule has 0 saturated heterocycles. The second-order valence-corrected chi connectivity index (χ2v) is 8.80. The van der Waals surface area contributed by atoms with Gasteiger partial charge in [-0.25, -0.2) is 9.80 Å². The zero-order valence-corrected chi connectivity index (χ0v) is 19.4. The first-order valence-corrected chi connectivity index (χ1v) is 10.9. The van der Waals surface area contributed by atoms with Gasteiger partial charge in [0.1, 0.15) is 22.7 Å². The van der Waals surface area contributed by atoms with Gasteiger partial charge in [0.25, 0.3) is 5.91 Å². The molecule has 0 aromatic heterocycles. The van der Waals surface area contributed by atoms with E-state index in [0.717, 1.165) is 28.2 Å². The van der Waals surface area contributed by atoms with Gasteiger partial charge in [0, 0.05) is 11.1 Å². The van der Waals surface area contributed by atoms with Gasteiger partial charge >= 0.3 is 5.97 Å². The maximum absolute atomic E-state index is 13.7. The first kappa shape index (κ1) is 21.6. The Bertz CT molecular complexity index is 1330. The molecule has 2 N–H and O–H groups in total. The molecule has 174 valence electrons. The van der Waals surface area contributed by atoms with E-state index in [0.29, 0.717) is 23.6 Å². The largest absolute Gasteiger partial charge is 0.496 e. The number of carbonyl (C=O) groups is 2. The normalized spacial score (nSPS) is 15.6. The van der Waals surface area contributed by atoms with Crippen LogP contribution in [0.2, 0.25) is 0 Å². The van der Waals surface area contributed by atoms with Gasteiger partial charge in [0.2, 0.25) is 0 Å². The van der Waals surface area contributed by atoms with Gasteiger partial charge in [-0.05, 0) is 55.8 Å². The molecule has 3 aromatic rings. The number of carbonyl (C=O) groups excluding carboxylic acids is 1. The zero-order valence-electron chi connectivity index (χ0n) is 19.4. The lowest BCUT2D eigenvalue weighted by atomic mass is 9.92. The summed E-state index contributed by atoms with van der Waals surface area (Å²) in [6.45, 7) is 4.09. The Morgan fingerprint density at radius 2 is 1.74 bits per heavy atom. The number of nitrogens with one attached hydrogen (secondary N) is 1. The number of carboxylic acid groups (broad SMARTS) is 1. The molecule has 0 saturated carbocycles. The fourth-order valence-corrected chi connectivity index (χ4v) is 4.69. The molecular weight excluding hydrogens is 434 g/mol. The van der Waals surface area contributed by atoms with Crippen LogP contribution in [-0.2, 0) is 11.3 Å². The van der Waals surface area contributed by atoms with Gasteiger partial charge < -0.3 is 19.9 Å². The first-order valence-electron chi connectivity index (χ1n) is 10.9. The quantitative estimate of drug-likeness (QED) is 0.579. The van der Waals surface area contributed by atoms with Gasteiger partial charge in [0.15, 0.2) is 0 Å². The number of para-hydroxylation sites is 2. The number of benzene rings is 3. The van der Waals surface area contributed by atoms with Gasteiger partial charge in [-0.3, -0.25) is 9.80 Å². The van der Waals surface area contributed by atoms with Crippen molar-refractivity contribution in [2.45, 2.75) is 25.9 Å². The van der Waals surface area contributed by atoms with Crippen LogP contribution in [0.15, 0.2) is 54.6 Å². The molecule has 0 bridgehead atoms. The van der Waals surface area contributed by atoms with E-state index in [-0.39, 0.29) is 11.5 Å². The van der Waals surface area contributed by atoms with E-state index in [1.807, 2.05) is 55.3 Å². The molecule has 5 rings (SSSR count). The molecule has 8 nitrogen and oxygen atoms in total. The molecule has 3 aromatic carbocycles. The van der Waals surface area contributed by atoms with Gasteiger partial charge in [-0.1, -0.05) is 18.2 Å². The third-order valence-corrected chi connectivity index (χ3v) is 6.32. The Balaban J connectivity index is 1.76. The van der Waals surface area contributed by atoms with Gasteiger partial charge in [-0.2, -0.15) is 0 Å². The molecule has 1 amide bonds. The van der Waals surface area contributed by atoms with Crippen molar-refractivity contribution in [1.29, 1.82) is 0 Å². The van der Waals surface area contributed by atoms with Crippen molar-refractivity contribution in [3.63, 3.8) is 0 Å². The fraction of sp³-hybridized carbons (Fsp3) is 0.231. The lowest BCUT2D eigenvalue weighted by Crippen LogP contribution is -2.57. The summed E-state index contributed by atoms with van der Waals surface area (Å²) < 4.78 is 11.2. The third-order valence-electron chi connectivity index (χ3n) is 6.32. The highest BCUT2D eigenvalue weighted by Crippen LogP contribution is 2.51. The summed E-state index contributed by atoms with van der Waals surface area (Å²) in [5.41, 5.74) is 4.01. The number of hydrogen-bond donors (Lipinski definition) is 2. The number of carboxylic acids is 1. The van der Waals surface area contributed by atoms with E-state index in [4.69, 9.17) is 9.47 Å². The number of hydrazine groups is 1. The fourth-order valence-electron chi connectivity index (χ4n) is 4.69. The van der Waals surface area contributed by atoms with E-state index in [9.17, 15) is 14.7 Å². The molecule has 2 heterocycles. The van der Waals surface area contributed by atoms with Gasteiger partial charge in [0.05, 0.1) is 37.7 Å². The maximum Gasteiger partial charge on any atom is 0.335 e. The topological polar surface area (TPSA) is 91.3 Å². The SMILES string of the molecule is COc1ccc(C(=O)O)cc1-c1ccc2c3c1CN(c1ccccc1OC)N3C(=O)C(C)(C)N2. The molecule has 2 aliphatic heterocycles. The number of amides is 1. The highest BCUT2D eigenvalue weighted by Gasteiger charge is 2.47. The molecule has 0 radical (unpaired) electrons. The highest BCUT2D eigenvalue weighted by atomic mass is 16.5. The number of anilines is 3. The van der Waals surface area contributed by atoms with Crippen molar-refractivity contribution in [3.05, 3.63) is 65.7 Å². The molecule has 0 unspecified atom stereocenters. The van der Waals surface area contributed by atoms with E-state index >= 15 is 0 Å². The predicted molar refractivity (Wildman–Crippen MR) is 130 cm³/mol. The summed E-state index contributed by atoms with van der Waals surface area (Å²) in [5.74, 6) is 0.0779. The second-order valence-electron chi connectivity index (χ2n) is 8.80. The molecule has 8 heteroatoms. The van der Waals surface area contributed by atoms with Crippen molar-refractivity contribution in [2.75, 3.05) is 29.6 Å². The van der Waals surface area contributed by atoms with Crippen LogP contribution in [-0.4, -0.2) is 36.7 Å². The maximum atomic E-state index is 13.7. The van der Waals surface area contributed by atoms with Crippen molar-refractivity contribution in [3.8, 4) is 22.6 Å². The average Bonchev–Trinajstić information content (AvgIpc) is 3.23. The smallest absolute Gasteiger partial charge is 0.335 e. The molecule has 0 aliphatic carbocycles. The number of nitrogens with zero attached hydrogens (tertiary/aromatic N) is 2. The summed E-state index contributed by atoms with van der Waals surface area (Å²) in [6, 6.07) is 16.2. The standard InChI is InChI=1S/C26H25N3O5/c1-26(2)25(32)29-23-18(14-28(29)20-7-5-6-8-22(20)34-4)16(10-11-19(23)27-26)17-13-15(24(30)31)9-12-21(17)33-3/h5-13,27H,14H2,1-4H3,(H,30,31). The van der Waals surface area contributed by atoms with Crippen molar-refractivity contribution in [1.82, 2.24) is 0 Å². The predicted octanol–water partition coefficient (Wildman–Crippen LogP) is 4.54. The molecule has 0 atom stereocenters. The van der Waals surface area contributed by atoms with Crippen LogP contribution in [0.3, 0.4) is 0 Å². The monoisotopic (exact) mass is 459 g/mol. The average molecular weight is 460 g/mol. The summed E-state index contributed by atoms with van der Waals surface area (Å²) in [4.78, 5) is 25.3. The number of hydrogen-bond acceptors (Lipinski definition) is 6. The van der Waals surface area contributed by atoms with E-state index < -0.39 is 11.5 Å². The summed E-state index contributed by atoms with van der Waals surface area (Å²) in [7, 11) is 3.16. The Morgan fingerprint density at radius 3 is 2.44 bits per heavy atom. The van der Waals surface area contributed by atoms with E-state index in [1.54, 1.807) is 31.4 Å². The van der Waals surface area contributed by atoms with Crippen LogP contribution in [0.25, 0.3) is 11.1 Å². The molecule has 2 aliphatic rings. The molecule has 34 heavy (non-hydrogen) atoms. The third kappa shape index (κ3) is 3.14. The summed E-state index contributed by atoms with van der Waals surface area (Å²) in [5, 5.41) is 16.5. The Morgan fingerprint density at radius 1 is 1.00 bits per heavy atom. The summed E-state index contributed by atoms with van der Waals surface area (Å²) >= 11 is 0. The van der Waals surface area contributed by atoms with Crippen LogP contribution in [0.5, 0.6) is 11.5 Å². The lowest BCUT2D eigenvalue weighted by molar-refractivity contribution is -0.122. The van der Waals surface area contributed by atoms with Crippen molar-refractivity contribution >= 4 is 28.9 Å². The molecular formula is C26H25N3O5. The Kier molecular flexibility index (Phi) is 4.89. The van der Waals surface area contributed by atoms with Gasteiger partial charge in [-0.15, -0.1) is 0 Å². The number of rotatable bonds is 5. The van der Waals surface area contributed by atoms with Crippen molar-refractivity contribution < 1.29 is 24.2 Å². The van der Waals surface area contributed by atoms with Crippen LogP contribution in [0.4, 0.5) is 17.1 Å².